The second-order valence-corrected chi connectivity index (χ2v) is 20.1. The summed E-state index contributed by atoms with van der Waals surface area (Å²) in [6.45, 7) is 18.8. The third kappa shape index (κ3) is 5.94. The zero-order valence-corrected chi connectivity index (χ0v) is 36.6. The maximum atomic E-state index is 2.49. The van der Waals surface area contributed by atoms with Crippen LogP contribution in [0, 0.1) is 0 Å². The normalized spacial score (nSPS) is 16.0. The van der Waals surface area contributed by atoms with E-state index in [9.17, 15) is 0 Å². The van der Waals surface area contributed by atoms with Crippen molar-refractivity contribution in [2.24, 2.45) is 0 Å². The van der Waals surface area contributed by atoms with Crippen molar-refractivity contribution in [1.29, 1.82) is 0 Å². The summed E-state index contributed by atoms with van der Waals surface area (Å²) in [6.07, 6.45) is 7.01. The molecule has 7 aromatic carbocycles. The average molecular weight is 777 g/mol. The van der Waals surface area contributed by atoms with E-state index >= 15 is 0 Å². The maximum Gasteiger partial charge on any atom is 0.0713 e. The van der Waals surface area contributed by atoms with Crippen molar-refractivity contribution in [2.45, 2.75) is 89.9 Å². The molecule has 0 heterocycles. The van der Waals surface area contributed by atoms with Gasteiger partial charge in [-0.15, -0.1) is 0 Å². The van der Waals surface area contributed by atoms with Crippen LogP contribution in [0.4, 0.5) is 0 Å². The number of allylic oxidation sites excluding steroid dienone is 4. The molecule has 3 aliphatic rings. The summed E-state index contributed by atoms with van der Waals surface area (Å²) in [4.78, 5) is 0. The first kappa shape index (κ1) is 38.2. The van der Waals surface area contributed by atoms with E-state index in [2.05, 4.69) is 225 Å². The fourth-order valence-electron chi connectivity index (χ4n) is 10.7. The lowest BCUT2D eigenvalue weighted by Gasteiger charge is -2.34. The third-order valence-electron chi connectivity index (χ3n) is 14.0. The lowest BCUT2D eigenvalue weighted by molar-refractivity contribution is 0.569. The monoisotopic (exact) mass is 776 g/mol. The second-order valence-electron chi connectivity index (χ2n) is 20.1. The first-order valence-electron chi connectivity index (χ1n) is 22.0. The van der Waals surface area contributed by atoms with Crippen molar-refractivity contribution in [3.8, 4) is 44.5 Å². The van der Waals surface area contributed by atoms with E-state index in [4.69, 9.17) is 0 Å². The van der Waals surface area contributed by atoms with E-state index in [-0.39, 0.29) is 16.2 Å². The van der Waals surface area contributed by atoms with Gasteiger partial charge in [0.05, 0.1) is 5.41 Å². The molecule has 0 aliphatic heterocycles. The van der Waals surface area contributed by atoms with Crippen molar-refractivity contribution in [2.75, 3.05) is 0 Å². The number of fused-ring (bicyclic) bond motifs is 5. The fraction of sp³-hybridized carbons (Fsp3) is 0.233. The van der Waals surface area contributed by atoms with Crippen molar-refractivity contribution in [3.05, 3.63) is 220 Å². The van der Waals surface area contributed by atoms with E-state index < -0.39 is 5.41 Å². The summed E-state index contributed by atoms with van der Waals surface area (Å²) in [7, 11) is 0. The predicted molar refractivity (Wildman–Crippen MR) is 256 cm³/mol. The molecule has 0 saturated carbocycles. The van der Waals surface area contributed by atoms with Gasteiger partial charge in [0.1, 0.15) is 0 Å². The summed E-state index contributed by atoms with van der Waals surface area (Å²) in [5.74, 6) is 0. The largest absolute Gasteiger partial charge is 0.0836 e. The topological polar surface area (TPSA) is 0 Å². The standard InChI is InChI=1S/C60H56/c1-57(2,3)46-36-43(37-47(38-46)58(4,5)6)41-21-17-24-45(35-41)60(53-30-13-9-25-49(53)50-26-10-14-31-54(50)60)44-23-16-20-40(34-44)39-19-15-22-42(33-39)48-28-18-32-55-56(48)51-27-11-12-29-52(51)59(55,7)8/h9-11,13-28,30-38H,12,29H2,1-8H3. The summed E-state index contributed by atoms with van der Waals surface area (Å²) in [6, 6.07) is 60.6. The Morgan fingerprint density at radius 2 is 0.917 bits per heavy atom. The maximum absolute atomic E-state index is 2.49. The summed E-state index contributed by atoms with van der Waals surface area (Å²) >= 11 is 0. The highest BCUT2D eigenvalue weighted by Gasteiger charge is 2.46. The molecule has 10 rings (SSSR count). The van der Waals surface area contributed by atoms with Crippen LogP contribution in [0.2, 0.25) is 0 Å². The molecule has 0 saturated heterocycles. The first-order valence-corrected chi connectivity index (χ1v) is 22.0. The minimum absolute atomic E-state index is 0.0280. The molecule has 7 aromatic rings. The van der Waals surface area contributed by atoms with Crippen LogP contribution >= 0.6 is 0 Å². The lowest BCUT2D eigenvalue weighted by atomic mass is 9.67. The molecular weight excluding hydrogens is 721 g/mol. The molecule has 0 bridgehead atoms. The zero-order valence-electron chi connectivity index (χ0n) is 36.6. The van der Waals surface area contributed by atoms with Gasteiger partial charge in [-0.05, 0) is 136 Å². The van der Waals surface area contributed by atoms with Crippen molar-refractivity contribution in [3.63, 3.8) is 0 Å². The van der Waals surface area contributed by atoms with Gasteiger partial charge in [0, 0.05) is 5.41 Å². The Labute approximate surface area is 358 Å². The lowest BCUT2D eigenvalue weighted by Crippen LogP contribution is -2.28. The Bertz CT molecular complexity index is 2830. The van der Waals surface area contributed by atoms with Gasteiger partial charge in [-0.3, -0.25) is 0 Å². The number of rotatable bonds is 5. The SMILES string of the molecule is CC(C)(C)c1cc(-c2cccc(C3(c4cccc(-c5cccc(-c6cccc7c6C6=C(CCC=C6)C7(C)C)c5)c4)c4ccccc4-c4ccccc43)c2)cc(C(C)(C)C)c1. The van der Waals surface area contributed by atoms with E-state index in [1.54, 1.807) is 5.57 Å². The summed E-state index contributed by atoms with van der Waals surface area (Å²) in [5, 5.41) is 0. The Morgan fingerprint density at radius 1 is 0.433 bits per heavy atom. The average Bonchev–Trinajstić information content (AvgIpc) is 3.69. The van der Waals surface area contributed by atoms with Crippen molar-refractivity contribution in [1.82, 2.24) is 0 Å². The molecule has 0 N–H and O–H groups in total. The Kier molecular flexibility index (Phi) is 8.78. The predicted octanol–water partition coefficient (Wildman–Crippen LogP) is 16.0. The van der Waals surface area contributed by atoms with Crippen LogP contribution in [-0.2, 0) is 21.7 Å². The molecule has 0 nitrogen and oxygen atoms in total. The minimum Gasteiger partial charge on any atom is -0.0836 e. The Balaban J connectivity index is 1.16. The Morgan fingerprint density at radius 3 is 1.52 bits per heavy atom. The second kappa shape index (κ2) is 13.8. The van der Waals surface area contributed by atoms with Gasteiger partial charge in [-0.1, -0.05) is 213 Å². The molecule has 0 heteroatoms. The van der Waals surface area contributed by atoms with Crippen LogP contribution in [0.5, 0.6) is 0 Å². The van der Waals surface area contributed by atoms with Crippen LogP contribution in [-0.4, -0.2) is 0 Å². The van der Waals surface area contributed by atoms with Gasteiger partial charge >= 0.3 is 0 Å². The van der Waals surface area contributed by atoms with Gasteiger partial charge in [-0.25, -0.2) is 0 Å². The van der Waals surface area contributed by atoms with Crippen LogP contribution in [0.1, 0.15) is 113 Å². The number of benzene rings is 7. The van der Waals surface area contributed by atoms with Gasteiger partial charge in [0.25, 0.3) is 0 Å². The molecule has 0 spiro atoms. The van der Waals surface area contributed by atoms with Crippen LogP contribution in [0.15, 0.2) is 175 Å². The highest BCUT2D eigenvalue weighted by Crippen LogP contribution is 2.57. The minimum atomic E-state index is -0.520. The van der Waals surface area contributed by atoms with E-state index in [1.807, 2.05) is 0 Å². The summed E-state index contributed by atoms with van der Waals surface area (Å²) in [5.41, 5.74) is 23.6. The molecule has 0 radical (unpaired) electrons. The van der Waals surface area contributed by atoms with Crippen LogP contribution in [0.3, 0.4) is 0 Å². The molecule has 0 aromatic heterocycles. The Hall–Kier alpha value is -5.98. The number of hydrogen-bond acceptors (Lipinski definition) is 0. The van der Waals surface area contributed by atoms with Gasteiger partial charge in [0.15, 0.2) is 0 Å². The van der Waals surface area contributed by atoms with Crippen LogP contribution in [0.25, 0.3) is 50.1 Å². The first-order chi connectivity index (χ1) is 28.8. The molecule has 0 atom stereocenters. The molecular formula is C60H56. The number of hydrogen-bond donors (Lipinski definition) is 0. The van der Waals surface area contributed by atoms with Crippen molar-refractivity contribution < 1.29 is 0 Å². The highest BCUT2D eigenvalue weighted by molar-refractivity contribution is 5.95. The smallest absolute Gasteiger partial charge is 0.0713 e. The summed E-state index contributed by atoms with van der Waals surface area (Å²) < 4.78 is 0. The van der Waals surface area contributed by atoms with E-state index in [1.165, 1.54) is 94.6 Å². The zero-order chi connectivity index (χ0) is 41.6. The van der Waals surface area contributed by atoms with E-state index in [0.717, 1.165) is 12.8 Å². The molecule has 296 valence electrons. The van der Waals surface area contributed by atoms with Gasteiger partial charge in [-0.2, -0.15) is 0 Å². The molecule has 60 heavy (non-hydrogen) atoms. The quantitative estimate of drug-likeness (QED) is 0.163. The third-order valence-corrected chi connectivity index (χ3v) is 14.0. The molecule has 0 unspecified atom stereocenters. The van der Waals surface area contributed by atoms with Crippen molar-refractivity contribution >= 4 is 5.57 Å². The van der Waals surface area contributed by atoms with Crippen LogP contribution < -0.4 is 0 Å². The molecule has 0 amide bonds. The molecule has 3 aliphatic carbocycles. The van der Waals surface area contributed by atoms with Gasteiger partial charge in [0.2, 0.25) is 0 Å². The highest BCUT2D eigenvalue weighted by atomic mass is 14.5. The fourth-order valence-corrected chi connectivity index (χ4v) is 10.7. The van der Waals surface area contributed by atoms with Gasteiger partial charge < -0.3 is 0 Å². The molecule has 0 fully saturated rings. The van der Waals surface area contributed by atoms with E-state index in [0.29, 0.717) is 0 Å².